The first-order valence-electron chi connectivity index (χ1n) is 9.65. The maximum absolute atomic E-state index is 5.80. The summed E-state index contributed by atoms with van der Waals surface area (Å²) < 4.78 is 0. The average Bonchev–Trinajstić information content (AvgIpc) is 2.71. The first-order valence-corrected chi connectivity index (χ1v) is 9.65. The summed E-state index contributed by atoms with van der Waals surface area (Å²) in [5.74, 6) is 0. The number of hydrogen-bond donors (Lipinski definition) is 1. The Balaban J connectivity index is 1.82. The summed E-state index contributed by atoms with van der Waals surface area (Å²) in [5.41, 5.74) is 12.1. The molecule has 134 valence electrons. The molecule has 4 rings (SSSR count). The molecule has 2 heterocycles. The van der Waals surface area contributed by atoms with Gasteiger partial charge in [-0.15, -0.1) is 0 Å². The zero-order valence-corrected chi connectivity index (χ0v) is 15.5. The fourth-order valence-electron chi connectivity index (χ4n) is 4.20. The lowest BCUT2D eigenvalue weighted by Crippen LogP contribution is -2.34. The van der Waals surface area contributed by atoms with Crippen molar-refractivity contribution in [3.8, 4) is 0 Å². The Hall–Kier alpha value is -2.23. The summed E-state index contributed by atoms with van der Waals surface area (Å²) in [6, 6.07) is 17.8. The summed E-state index contributed by atoms with van der Waals surface area (Å²) in [4.78, 5) is 7.29. The number of likely N-dealkylation sites (tertiary alicyclic amines) is 1. The zero-order valence-electron chi connectivity index (χ0n) is 15.5. The van der Waals surface area contributed by atoms with Gasteiger partial charge in [0.1, 0.15) is 0 Å². The van der Waals surface area contributed by atoms with Gasteiger partial charge in [-0.2, -0.15) is 0 Å². The Labute approximate surface area is 155 Å². The van der Waals surface area contributed by atoms with E-state index in [2.05, 4.69) is 59.3 Å². The summed E-state index contributed by atoms with van der Waals surface area (Å²) >= 11 is 0. The smallest absolute Gasteiger partial charge is 0.0734 e. The van der Waals surface area contributed by atoms with Gasteiger partial charge >= 0.3 is 0 Å². The molecule has 1 aliphatic rings. The highest BCUT2D eigenvalue weighted by molar-refractivity contribution is 5.82. The predicted molar refractivity (Wildman–Crippen MR) is 108 cm³/mol. The van der Waals surface area contributed by atoms with Crippen LogP contribution in [-0.4, -0.2) is 23.0 Å². The van der Waals surface area contributed by atoms with Crippen LogP contribution in [0.1, 0.15) is 47.6 Å². The number of piperidine rings is 1. The number of nitrogens with two attached hydrogens (primary N) is 1. The molecule has 0 radical (unpaired) electrons. The Bertz CT molecular complexity index is 880. The van der Waals surface area contributed by atoms with E-state index in [1.807, 2.05) is 12.3 Å². The number of aromatic nitrogens is 1. The van der Waals surface area contributed by atoms with Gasteiger partial charge < -0.3 is 5.73 Å². The second-order valence-corrected chi connectivity index (χ2v) is 7.30. The highest BCUT2D eigenvalue weighted by Gasteiger charge is 2.26. The molecule has 26 heavy (non-hydrogen) atoms. The summed E-state index contributed by atoms with van der Waals surface area (Å²) in [6.45, 7) is 5.12. The third-order valence-electron chi connectivity index (χ3n) is 5.65. The second-order valence-electron chi connectivity index (χ2n) is 7.30. The quantitative estimate of drug-likeness (QED) is 0.753. The Morgan fingerprint density at radius 1 is 1.00 bits per heavy atom. The molecule has 1 atom stereocenters. The van der Waals surface area contributed by atoms with Gasteiger partial charge in [0.05, 0.1) is 11.6 Å². The van der Waals surface area contributed by atoms with Crippen molar-refractivity contribution in [1.29, 1.82) is 0 Å². The van der Waals surface area contributed by atoms with Crippen molar-refractivity contribution >= 4 is 10.9 Å². The summed E-state index contributed by atoms with van der Waals surface area (Å²) in [6.07, 6.45) is 5.79. The van der Waals surface area contributed by atoms with E-state index in [0.29, 0.717) is 6.54 Å². The van der Waals surface area contributed by atoms with Crippen LogP contribution in [0.25, 0.3) is 10.9 Å². The molecule has 3 nitrogen and oxygen atoms in total. The van der Waals surface area contributed by atoms with E-state index in [9.17, 15) is 0 Å². The largest absolute Gasteiger partial charge is 0.326 e. The SMILES string of the molecule is Cc1c(C(c2ccc(CN)cc2)N2CCCCC2)ccc2cccnc12. The minimum Gasteiger partial charge on any atom is -0.326 e. The van der Waals surface area contributed by atoms with Crippen molar-refractivity contribution in [3.05, 3.63) is 77.0 Å². The van der Waals surface area contributed by atoms with Gasteiger partial charge in [-0.05, 0) is 61.2 Å². The standard InChI is InChI=1S/C23H27N3/c1-17-21(12-11-19-6-5-13-25-22(17)19)23(26-14-3-2-4-15-26)20-9-7-18(16-24)8-10-20/h5-13,23H,2-4,14-16,24H2,1H3. The molecular weight excluding hydrogens is 318 g/mol. The zero-order chi connectivity index (χ0) is 17.9. The van der Waals surface area contributed by atoms with Crippen molar-refractivity contribution in [2.24, 2.45) is 5.73 Å². The predicted octanol–water partition coefficient (Wildman–Crippen LogP) is 4.58. The maximum Gasteiger partial charge on any atom is 0.0734 e. The third kappa shape index (κ3) is 3.25. The van der Waals surface area contributed by atoms with Gasteiger partial charge in [-0.3, -0.25) is 9.88 Å². The van der Waals surface area contributed by atoms with Gasteiger partial charge in [0.2, 0.25) is 0 Å². The van der Waals surface area contributed by atoms with Crippen molar-refractivity contribution in [2.75, 3.05) is 13.1 Å². The Kier molecular flexibility index (Phi) is 5.00. The maximum atomic E-state index is 5.80. The van der Waals surface area contributed by atoms with Gasteiger partial charge in [-0.25, -0.2) is 0 Å². The van der Waals surface area contributed by atoms with Crippen LogP contribution in [0.5, 0.6) is 0 Å². The fraction of sp³-hybridized carbons (Fsp3) is 0.348. The Morgan fingerprint density at radius 2 is 1.77 bits per heavy atom. The van der Waals surface area contributed by atoms with Crippen LogP contribution in [0.15, 0.2) is 54.7 Å². The number of fused-ring (bicyclic) bond motifs is 1. The molecule has 3 heteroatoms. The van der Waals surface area contributed by atoms with Crippen LogP contribution in [0.2, 0.25) is 0 Å². The second kappa shape index (κ2) is 7.56. The minimum atomic E-state index is 0.286. The van der Waals surface area contributed by atoms with Gasteiger partial charge in [0.25, 0.3) is 0 Å². The molecule has 1 aliphatic heterocycles. The Morgan fingerprint density at radius 3 is 2.50 bits per heavy atom. The molecule has 0 saturated carbocycles. The molecule has 0 aliphatic carbocycles. The van der Waals surface area contributed by atoms with Gasteiger partial charge in [0.15, 0.2) is 0 Å². The van der Waals surface area contributed by atoms with Crippen LogP contribution in [-0.2, 0) is 6.54 Å². The number of benzene rings is 2. The van der Waals surface area contributed by atoms with Crippen molar-refractivity contribution in [1.82, 2.24) is 9.88 Å². The molecular formula is C23H27N3. The first-order chi connectivity index (χ1) is 12.8. The van der Waals surface area contributed by atoms with Crippen molar-refractivity contribution < 1.29 is 0 Å². The minimum absolute atomic E-state index is 0.286. The third-order valence-corrected chi connectivity index (χ3v) is 5.65. The lowest BCUT2D eigenvalue weighted by atomic mass is 9.90. The normalized spacial score (nSPS) is 16.7. The van der Waals surface area contributed by atoms with Crippen LogP contribution >= 0.6 is 0 Å². The average molecular weight is 345 g/mol. The molecule has 1 unspecified atom stereocenters. The van der Waals surface area contributed by atoms with E-state index in [0.717, 1.165) is 18.6 Å². The highest BCUT2D eigenvalue weighted by atomic mass is 15.2. The molecule has 2 aromatic carbocycles. The molecule has 1 aromatic heterocycles. The molecule has 0 amide bonds. The number of pyridine rings is 1. The number of nitrogens with zero attached hydrogens (tertiary/aromatic N) is 2. The number of aryl methyl sites for hydroxylation is 1. The van der Waals surface area contributed by atoms with Crippen molar-refractivity contribution in [3.63, 3.8) is 0 Å². The summed E-state index contributed by atoms with van der Waals surface area (Å²) in [7, 11) is 0. The molecule has 0 spiro atoms. The van der Waals surface area contributed by atoms with E-state index in [1.165, 1.54) is 46.9 Å². The van der Waals surface area contributed by atoms with Gasteiger partial charge in [0, 0.05) is 18.1 Å². The number of rotatable bonds is 4. The topological polar surface area (TPSA) is 42.1 Å². The first kappa shape index (κ1) is 17.2. The van der Waals surface area contributed by atoms with Crippen LogP contribution < -0.4 is 5.73 Å². The van der Waals surface area contributed by atoms with E-state index in [1.54, 1.807) is 0 Å². The van der Waals surface area contributed by atoms with E-state index in [4.69, 9.17) is 5.73 Å². The molecule has 1 fully saturated rings. The molecule has 3 aromatic rings. The van der Waals surface area contributed by atoms with E-state index >= 15 is 0 Å². The molecule has 0 bridgehead atoms. The van der Waals surface area contributed by atoms with E-state index in [-0.39, 0.29) is 6.04 Å². The van der Waals surface area contributed by atoms with Crippen LogP contribution in [0.3, 0.4) is 0 Å². The fourth-order valence-corrected chi connectivity index (χ4v) is 4.20. The van der Waals surface area contributed by atoms with Crippen LogP contribution in [0, 0.1) is 6.92 Å². The van der Waals surface area contributed by atoms with Crippen molar-refractivity contribution in [2.45, 2.75) is 38.8 Å². The lowest BCUT2D eigenvalue weighted by Gasteiger charge is -2.36. The lowest BCUT2D eigenvalue weighted by molar-refractivity contribution is 0.187. The monoisotopic (exact) mass is 345 g/mol. The highest BCUT2D eigenvalue weighted by Crippen LogP contribution is 2.35. The molecule has 1 saturated heterocycles. The number of hydrogen-bond acceptors (Lipinski definition) is 3. The summed E-state index contributed by atoms with van der Waals surface area (Å²) in [5, 5.41) is 1.21. The van der Waals surface area contributed by atoms with Gasteiger partial charge in [-0.1, -0.05) is 48.9 Å². The molecule has 2 N–H and O–H groups in total. The van der Waals surface area contributed by atoms with Crippen LogP contribution in [0.4, 0.5) is 0 Å². The van der Waals surface area contributed by atoms with E-state index < -0.39 is 0 Å².